The standard InChI is InChI=1S/C28H40BrNO3Si/c1-11-28(7)20(17-31)25(32)18(15-23(28)33-34(9,10)26(2,3)4)27(5,6)19-16-30(8)22-14-12-13-21(29)24(19)22/h11-14,16-18,23,31H,1,15H2,2-10H3/b20-17+/t18-,23-,28-/m0/s1. The summed E-state index contributed by atoms with van der Waals surface area (Å²) in [7, 11) is -0.122. The first-order valence-electron chi connectivity index (χ1n) is 12.0. The predicted molar refractivity (Wildman–Crippen MR) is 148 cm³/mol. The number of carbonyl (C=O) groups excluding carboxylic acids is 1. The molecule has 0 bridgehead atoms. The van der Waals surface area contributed by atoms with Crippen molar-refractivity contribution in [2.24, 2.45) is 18.4 Å². The molecular weight excluding hydrogens is 506 g/mol. The number of aliphatic hydroxyl groups is 1. The lowest BCUT2D eigenvalue weighted by Crippen LogP contribution is -2.55. The molecule has 1 N–H and O–H groups in total. The van der Waals surface area contributed by atoms with E-state index in [0.29, 0.717) is 12.0 Å². The molecule has 1 heterocycles. The molecule has 4 nitrogen and oxygen atoms in total. The third-order valence-electron chi connectivity index (χ3n) is 8.61. The minimum atomic E-state index is -2.16. The average Bonchev–Trinajstić information content (AvgIpc) is 3.08. The van der Waals surface area contributed by atoms with Crippen LogP contribution in [0.1, 0.15) is 53.5 Å². The Morgan fingerprint density at radius 3 is 2.41 bits per heavy atom. The van der Waals surface area contributed by atoms with Gasteiger partial charge in [0.15, 0.2) is 14.1 Å². The van der Waals surface area contributed by atoms with Crippen molar-refractivity contribution < 1.29 is 14.3 Å². The first-order chi connectivity index (χ1) is 15.5. The van der Waals surface area contributed by atoms with Gasteiger partial charge < -0.3 is 14.1 Å². The number of hydrogen-bond acceptors (Lipinski definition) is 3. The summed E-state index contributed by atoms with van der Waals surface area (Å²) < 4.78 is 10.1. The number of Topliss-reactive ketones (excluding diaryl/α,β-unsaturated/α-hetero) is 1. The number of fused-ring (bicyclic) bond motifs is 1. The number of aryl methyl sites for hydroxylation is 1. The first-order valence-corrected chi connectivity index (χ1v) is 15.7. The van der Waals surface area contributed by atoms with Gasteiger partial charge in [-0.2, -0.15) is 0 Å². The highest BCUT2D eigenvalue weighted by molar-refractivity contribution is 9.10. The van der Waals surface area contributed by atoms with Crippen molar-refractivity contribution in [1.29, 1.82) is 0 Å². The number of benzene rings is 1. The number of ketones is 1. The Hall–Kier alpha value is -1.63. The molecular formula is C28H40BrNO3Si. The van der Waals surface area contributed by atoms with Crippen LogP contribution in [0.5, 0.6) is 0 Å². The van der Waals surface area contributed by atoms with Crippen LogP contribution in [0.2, 0.25) is 18.1 Å². The third kappa shape index (κ3) is 4.16. The van der Waals surface area contributed by atoms with Crippen LogP contribution in [0, 0.1) is 11.3 Å². The van der Waals surface area contributed by atoms with Crippen LogP contribution in [0.3, 0.4) is 0 Å². The van der Waals surface area contributed by atoms with E-state index in [0.717, 1.165) is 27.2 Å². The molecule has 0 spiro atoms. The molecule has 34 heavy (non-hydrogen) atoms. The van der Waals surface area contributed by atoms with Crippen LogP contribution in [0.15, 0.2) is 53.4 Å². The van der Waals surface area contributed by atoms with Gasteiger partial charge in [-0.05, 0) is 49.2 Å². The normalized spacial score (nSPS) is 25.8. The molecule has 0 radical (unpaired) electrons. The molecule has 0 aliphatic heterocycles. The van der Waals surface area contributed by atoms with E-state index in [9.17, 15) is 9.90 Å². The van der Waals surface area contributed by atoms with E-state index in [-0.39, 0.29) is 22.8 Å². The highest BCUT2D eigenvalue weighted by Crippen LogP contribution is 2.52. The van der Waals surface area contributed by atoms with E-state index in [1.165, 1.54) is 0 Å². The van der Waals surface area contributed by atoms with Crippen molar-refractivity contribution in [3.05, 3.63) is 58.9 Å². The molecule has 1 fully saturated rings. The van der Waals surface area contributed by atoms with Crippen LogP contribution in [0.4, 0.5) is 0 Å². The number of hydrogen-bond donors (Lipinski definition) is 1. The second-order valence-corrected chi connectivity index (χ2v) is 17.7. The molecule has 3 atom stereocenters. The summed E-state index contributed by atoms with van der Waals surface area (Å²) in [6, 6.07) is 6.17. The van der Waals surface area contributed by atoms with Gasteiger partial charge in [-0.1, -0.05) is 62.7 Å². The Kier molecular flexibility index (Phi) is 6.97. The molecule has 3 rings (SSSR count). The van der Waals surface area contributed by atoms with Gasteiger partial charge in [0, 0.05) is 50.9 Å². The van der Waals surface area contributed by atoms with Crippen LogP contribution in [0.25, 0.3) is 10.9 Å². The fraction of sp³-hybridized carbons (Fsp3) is 0.536. The summed E-state index contributed by atoms with van der Waals surface area (Å²) in [5.74, 6) is -0.388. The van der Waals surface area contributed by atoms with Crippen molar-refractivity contribution in [3.8, 4) is 0 Å². The maximum atomic E-state index is 13.9. The molecule has 0 unspecified atom stereocenters. The van der Waals surface area contributed by atoms with Gasteiger partial charge in [-0.15, -0.1) is 6.58 Å². The molecule has 1 saturated carbocycles. The zero-order valence-corrected chi connectivity index (χ0v) is 24.7. The smallest absolute Gasteiger partial charge is 0.192 e. The second kappa shape index (κ2) is 8.79. The Bertz CT molecular complexity index is 1150. The van der Waals surface area contributed by atoms with Crippen LogP contribution in [-0.4, -0.2) is 29.9 Å². The molecule has 6 heteroatoms. The lowest BCUT2D eigenvalue weighted by Gasteiger charge is -2.51. The predicted octanol–water partition coefficient (Wildman–Crippen LogP) is 7.83. The summed E-state index contributed by atoms with van der Waals surface area (Å²) in [5.41, 5.74) is 1.36. The lowest BCUT2D eigenvalue weighted by atomic mass is 9.58. The van der Waals surface area contributed by atoms with Crippen molar-refractivity contribution in [2.45, 2.75) is 77.6 Å². The number of nitrogens with zero attached hydrogens (tertiary/aromatic N) is 1. The highest BCUT2D eigenvalue weighted by Gasteiger charge is 2.54. The van der Waals surface area contributed by atoms with Crippen LogP contribution < -0.4 is 0 Å². The zero-order chi connectivity index (χ0) is 25.9. The van der Waals surface area contributed by atoms with E-state index in [4.69, 9.17) is 4.43 Å². The minimum Gasteiger partial charge on any atom is -0.515 e. The summed E-state index contributed by atoms with van der Waals surface area (Å²) >= 11 is 3.74. The van der Waals surface area contributed by atoms with E-state index < -0.39 is 19.1 Å². The number of halogens is 1. The fourth-order valence-electron chi connectivity index (χ4n) is 5.04. The average molecular weight is 547 g/mol. The first kappa shape index (κ1) is 27.0. The third-order valence-corrected chi connectivity index (χ3v) is 13.8. The number of aromatic nitrogens is 1. The Morgan fingerprint density at radius 1 is 1.26 bits per heavy atom. The summed E-state index contributed by atoms with van der Waals surface area (Å²) in [5, 5.41) is 11.4. The Morgan fingerprint density at radius 2 is 1.88 bits per heavy atom. The summed E-state index contributed by atoms with van der Waals surface area (Å²) in [6.07, 6.45) is 5.22. The Balaban J connectivity index is 2.17. The summed E-state index contributed by atoms with van der Waals surface area (Å²) in [6.45, 7) is 21.4. The van der Waals surface area contributed by atoms with Gasteiger partial charge in [-0.25, -0.2) is 0 Å². The van der Waals surface area contributed by atoms with Crippen molar-refractivity contribution in [2.75, 3.05) is 0 Å². The maximum absolute atomic E-state index is 13.9. The van der Waals surface area contributed by atoms with Crippen LogP contribution >= 0.6 is 15.9 Å². The Labute approximate surface area is 214 Å². The monoisotopic (exact) mass is 545 g/mol. The van der Waals surface area contributed by atoms with Gasteiger partial charge in [0.25, 0.3) is 0 Å². The topological polar surface area (TPSA) is 51.5 Å². The van der Waals surface area contributed by atoms with Crippen molar-refractivity contribution >= 4 is 40.9 Å². The van der Waals surface area contributed by atoms with Gasteiger partial charge in [-0.3, -0.25) is 4.79 Å². The molecule has 186 valence electrons. The largest absolute Gasteiger partial charge is 0.515 e. The lowest BCUT2D eigenvalue weighted by molar-refractivity contribution is -0.127. The van der Waals surface area contributed by atoms with Crippen molar-refractivity contribution in [3.63, 3.8) is 0 Å². The van der Waals surface area contributed by atoms with Gasteiger partial charge in [0.2, 0.25) is 0 Å². The molecule has 1 aliphatic carbocycles. The highest BCUT2D eigenvalue weighted by atomic mass is 79.9. The van der Waals surface area contributed by atoms with E-state index in [1.807, 2.05) is 26.1 Å². The number of aliphatic hydroxyl groups excluding tert-OH is 1. The molecule has 0 amide bonds. The SMILES string of the molecule is C=C[C@@]1(C)/C(=C/O)C(=O)[C@@H](C(C)(C)c2cn(C)c3cccc(Br)c23)C[C@@H]1O[Si](C)(C)C(C)(C)C. The van der Waals surface area contributed by atoms with E-state index in [2.05, 4.69) is 87.1 Å². The zero-order valence-electron chi connectivity index (χ0n) is 22.1. The number of rotatable bonds is 5. The second-order valence-electron chi connectivity index (χ2n) is 12.1. The van der Waals surface area contributed by atoms with Crippen molar-refractivity contribution in [1.82, 2.24) is 4.57 Å². The quantitative estimate of drug-likeness (QED) is 0.180. The fourth-order valence-corrected chi connectivity index (χ4v) is 7.01. The van der Waals surface area contributed by atoms with E-state index in [1.54, 1.807) is 6.08 Å². The van der Waals surface area contributed by atoms with Gasteiger partial charge >= 0.3 is 0 Å². The molecule has 1 aromatic carbocycles. The molecule has 1 aromatic heterocycles. The summed E-state index contributed by atoms with van der Waals surface area (Å²) in [4.78, 5) is 13.9. The van der Waals surface area contributed by atoms with Crippen LogP contribution in [-0.2, 0) is 21.7 Å². The molecule has 1 aliphatic rings. The number of carbonyl (C=O) groups is 1. The molecule has 0 saturated heterocycles. The maximum Gasteiger partial charge on any atom is 0.192 e. The minimum absolute atomic E-state index is 0.0190. The van der Waals surface area contributed by atoms with E-state index >= 15 is 0 Å². The molecule has 2 aromatic rings. The van der Waals surface area contributed by atoms with Gasteiger partial charge in [0.1, 0.15) is 0 Å². The van der Waals surface area contributed by atoms with Gasteiger partial charge in [0.05, 0.1) is 12.4 Å².